The largest absolute Gasteiger partial charge is 0.346 e. The zero-order valence-electron chi connectivity index (χ0n) is 9.00. The topological polar surface area (TPSA) is 49.0 Å². The summed E-state index contributed by atoms with van der Waals surface area (Å²) in [5.41, 5.74) is 0. The average molecular weight is 265 g/mol. The van der Waals surface area contributed by atoms with Gasteiger partial charge in [0.1, 0.15) is 11.2 Å². The molecule has 4 nitrogen and oxygen atoms in total. The maximum atomic E-state index is 11.9. The lowest BCUT2D eigenvalue weighted by molar-refractivity contribution is -0.128. The molecule has 88 valence electrons. The number of rotatable bonds is 3. The maximum absolute atomic E-state index is 11.9. The minimum atomic E-state index is 0.0274. The smallest absolute Gasteiger partial charge is 0.234 e. The molecule has 1 N–H and O–H groups in total. The van der Waals surface area contributed by atoms with E-state index >= 15 is 0 Å². The standard InChI is InChI=1S/C11H11N3OS2/c15-9-7-17-11(10-12-3-4-13-10)14(9)6-8-2-1-5-16-8/h1-5,11H,6-7H2,(H,12,13). The van der Waals surface area contributed by atoms with Gasteiger partial charge < -0.3 is 9.88 Å². The van der Waals surface area contributed by atoms with Crippen molar-refractivity contribution in [3.8, 4) is 0 Å². The molecule has 17 heavy (non-hydrogen) atoms. The van der Waals surface area contributed by atoms with Gasteiger partial charge in [0, 0.05) is 17.3 Å². The summed E-state index contributed by atoms with van der Waals surface area (Å²) in [7, 11) is 0. The molecule has 0 aliphatic carbocycles. The summed E-state index contributed by atoms with van der Waals surface area (Å²) in [6, 6.07) is 4.07. The number of aromatic nitrogens is 2. The van der Waals surface area contributed by atoms with Gasteiger partial charge >= 0.3 is 0 Å². The highest BCUT2D eigenvalue weighted by atomic mass is 32.2. The molecule has 0 saturated carbocycles. The van der Waals surface area contributed by atoms with Gasteiger partial charge in [-0.05, 0) is 11.4 Å². The Morgan fingerprint density at radius 2 is 2.53 bits per heavy atom. The highest BCUT2D eigenvalue weighted by molar-refractivity contribution is 8.00. The van der Waals surface area contributed by atoms with Crippen molar-refractivity contribution in [2.75, 3.05) is 5.75 Å². The Labute approximate surface area is 107 Å². The van der Waals surface area contributed by atoms with Crippen LogP contribution < -0.4 is 0 Å². The third-order valence-electron chi connectivity index (χ3n) is 2.63. The molecule has 3 rings (SSSR count). The van der Waals surface area contributed by atoms with Gasteiger partial charge in [0.2, 0.25) is 5.91 Å². The van der Waals surface area contributed by atoms with Crippen molar-refractivity contribution in [1.82, 2.24) is 14.9 Å². The summed E-state index contributed by atoms with van der Waals surface area (Å²) in [6.45, 7) is 0.675. The first-order valence-electron chi connectivity index (χ1n) is 5.27. The van der Waals surface area contributed by atoms with Gasteiger partial charge in [-0.1, -0.05) is 6.07 Å². The summed E-state index contributed by atoms with van der Waals surface area (Å²) in [5, 5.41) is 2.06. The maximum Gasteiger partial charge on any atom is 0.234 e. The lowest BCUT2D eigenvalue weighted by Gasteiger charge is -2.21. The molecule has 1 fully saturated rings. The molecule has 1 aliphatic heterocycles. The van der Waals surface area contributed by atoms with Crippen LogP contribution in [0.15, 0.2) is 29.9 Å². The average Bonchev–Trinajstić information content (AvgIpc) is 3.03. The predicted octanol–water partition coefficient (Wildman–Crippen LogP) is 2.25. The van der Waals surface area contributed by atoms with Gasteiger partial charge in [-0.2, -0.15) is 0 Å². The monoisotopic (exact) mass is 265 g/mol. The number of thioether (sulfide) groups is 1. The Morgan fingerprint density at radius 1 is 1.59 bits per heavy atom. The number of thiophene rings is 1. The van der Waals surface area contributed by atoms with Gasteiger partial charge in [-0.15, -0.1) is 23.1 Å². The van der Waals surface area contributed by atoms with Crippen molar-refractivity contribution in [3.05, 3.63) is 40.6 Å². The zero-order valence-corrected chi connectivity index (χ0v) is 10.6. The number of imidazole rings is 1. The molecule has 2 aromatic rings. The van der Waals surface area contributed by atoms with E-state index < -0.39 is 0 Å². The quantitative estimate of drug-likeness (QED) is 0.926. The summed E-state index contributed by atoms with van der Waals surface area (Å²) >= 11 is 3.30. The van der Waals surface area contributed by atoms with Crippen molar-refractivity contribution >= 4 is 29.0 Å². The van der Waals surface area contributed by atoms with Crippen LogP contribution in [0.1, 0.15) is 16.1 Å². The van der Waals surface area contributed by atoms with Gasteiger partial charge in [0.25, 0.3) is 0 Å². The first-order valence-corrected chi connectivity index (χ1v) is 7.20. The van der Waals surface area contributed by atoms with E-state index in [0.717, 1.165) is 5.82 Å². The van der Waals surface area contributed by atoms with Crippen molar-refractivity contribution < 1.29 is 4.79 Å². The lowest BCUT2D eigenvalue weighted by Crippen LogP contribution is -2.27. The summed E-state index contributed by atoms with van der Waals surface area (Å²) in [5.74, 6) is 1.58. The summed E-state index contributed by atoms with van der Waals surface area (Å²) in [4.78, 5) is 22.3. The lowest BCUT2D eigenvalue weighted by atomic mass is 10.4. The Hall–Kier alpha value is -1.27. The van der Waals surface area contributed by atoms with Crippen LogP contribution in [0.4, 0.5) is 0 Å². The highest BCUT2D eigenvalue weighted by Crippen LogP contribution is 2.38. The van der Waals surface area contributed by atoms with Crippen LogP contribution >= 0.6 is 23.1 Å². The molecule has 3 heterocycles. The molecular weight excluding hydrogens is 254 g/mol. The SMILES string of the molecule is O=C1CSC(c2ncc[nH]2)N1Cc1cccs1. The third kappa shape index (κ3) is 2.10. The number of carbonyl (C=O) groups excluding carboxylic acids is 1. The van der Waals surface area contributed by atoms with Crippen LogP contribution in [-0.4, -0.2) is 26.5 Å². The van der Waals surface area contributed by atoms with Crippen LogP contribution in [-0.2, 0) is 11.3 Å². The predicted molar refractivity (Wildman–Crippen MR) is 68.7 cm³/mol. The summed E-state index contributed by atoms with van der Waals surface area (Å²) in [6.07, 6.45) is 3.52. The fraction of sp³-hybridized carbons (Fsp3) is 0.273. The molecule has 1 unspecified atom stereocenters. The first-order chi connectivity index (χ1) is 8.34. The normalized spacial score (nSPS) is 20.1. The highest BCUT2D eigenvalue weighted by Gasteiger charge is 2.34. The van der Waals surface area contributed by atoms with E-state index in [1.807, 2.05) is 16.3 Å². The van der Waals surface area contributed by atoms with E-state index in [9.17, 15) is 4.79 Å². The molecule has 1 saturated heterocycles. The molecule has 0 bridgehead atoms. The van der Waals surface area contributed by atoms with Gasteiger partial charge in [-0.3, -0.25) is 4.79 Å². The number of hydrogen-bond acceptors (Lipinski definition) is 4. The Bertz CT molecular complexity index is 495. The van der Waals surface area contributed by atoms with Crippen molar-refractivity contribution in [2.45, 2.75) is 11.9 Å². The fourth-order valence-corrected chi connectivity index (χ4v) is 3.66. The molecule has 2 aromatic heterocycles. The van der Waals surface area contributed by atoms with Crippen LogP contribution in [0, 0.1) is 0 Å². The van der Waals surface area contributed by atoms with E-state index in [1.54, 1.807) is 35.5 Å². The molecule has 6 heteroatoms. The van der Waals surface area contributed by atoms with Crippen molar-refractivity contribution in [1.29, 1.82) is 0 Å². The molecular formula is C11H11N3OS2. The second kappa shape index (κ2) is 4.54. The second-order valence-corrected chi connectivity index (χ2v) is 5.84. The molecule has 0 spiro atoms. The third-order valence-corrected chi connectivity index (χ3v) is 4.70. The summed E-state index contributed by atoms with van der Waals surface area (Å²) < 4.78 is 0. The van der Waals surface area contributed by atoms with Crippen molar-refractivity contribution in [3.63, 3.8) is 0 Å². The molecule has 1 atom stereocenters. The first kappa shape index (κ1) is 10.9. The zero-order chi connectivity index (χ0) is 11.7. The van der Waals surface area contributed by atoms with Gasteiger partial charge in [0.15, 0.2) is 0 Å². The van der Waals surface area contributed by atoms with Crippen LogP contribution in [0.25, 0.3) is 0 Å². The number of nitrogens with zero attached hydrogens (tertiary/aromatic N) is 2. The number of hydrogen-bond donors (Lipinski definition) is 1. The molecule has 1 aliphatic rings. The molecule has 0 aromatic carbocycles. The number of H-pyrrole nitrogens is 1. The van der Waals surface area contributed by atoms with Gasteiger partial charge in [-0.25, -0.2) is 4.98 Å². The number of aromatic amines is 1. The molecule has 0 radical (unpaired) electrons. The van der Waals surface area contributed by atoms with E-state index in [4.69, 9.17) is 0 Å². The van der Waals surface area contributed by atoms with E-state index in [-0.39, 0.29) is 11.3 Å². The molecule has 1 amide bonds. The van der Waals surface area contributed by atoms with Gasteiger partial charge in [0.05, 0.1) is 12.3 Å². The minimum absolute atomic E-state index is 0.0274. The van der Waals surface area contributed by atoms with Crippen LogP contribution in [0.2, 0.25) is 0 Å². The second-order valence-electron chi connectivity index (χ2n) is 3.74. The van der Waals surface area contributed by atoms with Crippen LogP contribution in [0.3, 0.4) is 0 Å². The van der Waals surface area contributed by atoms with Crippen LogP contribution in [0.5, 0.6) is 0 Å². The minimum Gasteiger partial charge on any atom is -0.346 e. The Balaban J connectivity index is 1.82. The number of nitrogens with one attached hydrogen (secondary N) is 1. The Morgan fingerprint density at radius 3 is 3.24 bits per heavy atom. The van der Waals surface area contributed by atoms with E-state index in [1.165, 1.54) is 4.88 Å². The van der Waals surface area contributed by atoms with E-state index in [0.29, 0.717) is 12.3 Å². The Kier molecular flexibility index (Phi) is 2.90. The van der Waals surface area contributed by atoms with Crippen molar-refractivity contribution in [2.24, 2.45) is 0 Å². The number of carbonyl (C=O) groups is 1. The fourth-order valence-electron chi connectivity index (χ4n) is 1.83. The van der Waals surface area contributed by atoms with E-state index in [2.05, 4.69) is 16.0 Å². The number of amides is 1.